The van der Waals surface area contributed by atoms with Crippen LogP contribution in [0.1, 0.15) is 24.0 Å². The number of ether oxygens (including phenoxy) is 2. The third kappa shape index (κ3) is 2.25. The summed E-state index contributed by atoms with van der Waals surface area (Å²) < 4.78 is 10.6. The van der Waals surface area contributed by atoms with Crippen LogP contribution in [0, 0.1) is 0 Å². The molecule has 1 spiro atoms. The number of guanidine groups is 1. The maximum atomic E-state index is 6.13. The zero-order valence-corrected chi connectivity index (χ0v) is 12.8. The first kappa shape index (κ1) is 14.2. The minimum absolute atomic E-state index is 0.0948. The van der Waals surface area contributed by atoms with Crippen molar-refractivity contribution in [2.45, 2.75) is 24.8 Å². The van der Waals surface area contributed by atoms with E-state index in [4.69, 9.17) is 15.2 Å². The first-order valence-electron chi connectivity index (χ1n) is 7.45. The van der Waals surface area contributed by atoms with Crippen LogP contribution < -0.4 is 10.5 Å². The minimum atomic E-state index is -0.0948. The Balaban J connectivity index is 1.99. The van der Waals surface area contributed by atoms with Gasteiger partial charge in [0.25, 0.3) is 0 Å². The highest BCUT2D eigenvalue weighted by Gasteiger charge is 2.45. The van der Waals surface area contributed by atoms with E-state index in [1.807, 2.05) is 6.07 Å². The Bertz CT molecular complexity index is 558. The van der Waals surface area contributed by atoms with Crippen LogP contribution in [-0.2, 0) is 16.7 Å². The molecule has 1 unspecified atom stereocenters. The summed E-state index contributed by atoms with van der Waals surface area (Å²) in [5.74, 6) is 1.55. The van der Waals surface area contributed by atoms with Crippen LogP contribution in [0.2, 0.25) is 0 Å². The predicted molar refractivity (Wildman–Crippen MR) is 82.7 cm³/mol. The zero-order chi connectivity index (χ0) is 14.9. The van der Waals surface area contributed by atoms with E-state index in [9.17, 15) is 0 Å². The lowest BCUT2D eigenvalue weighted by molar-refractivity contribution is 0.116. The molecule has 5 heteroatoms. The largest absolute Gasteiger partial charge is 0.497 e. The van der Waals surface area contributed by atoms with Gasteiger partial charge >= 0.3 is 0 Å². The Morgan fingerprint density at radius 1 is 1.38 bits per heavy atom. The predicted octanol–water partition coefficient (Wildman–Crippen LogP) is 1.50. The third-order valence-corrected chi connectivity index (χ3v) is 4.67. The van der Waals surface area contributed by atoms with Gasteiger partial charge in [-0.3, -0.25) is 4.99 Å². The van der Waals surface area contributed by atoms with Gasteiger partial charge in [0, 0.05) is 13.7 Å². The number of hydrogen-bond donors (Lipinski definition) is 1. The Labute approximate surface area is 125 Å². The number of nitrogens with two attached hydrogens (primary N) is 1. The highest BCUT2D eigenvalue weighted by molar-refractivity contribution is 5.81. The normalized spacial score (nSPS) is 24.1. The quantitative estimate of drug-likeness (QED) is 0.912. The van der Waals surface area contributed by atoms with Gasteiger partial charge in [-0.1, -0.05) is 6.07 Å². The Kier molecular flexibility index (Phi) is 3.76. The molecule has 0 fully saturated rings. The fourth-order valence-electron chi connectivity index (χ4n) is 3.62. The molecule has 0 radical (unpaired) electrons. The summed E-state index contributed by atoms with van der Waals surface area (Å²) in [6.07, 6.45) is 3.32. The fraction of sp³-hybridized carbons (Fsp3) is 0.562. The number of hydrogen-bond acceptors (Lipinski definition) is 5. The van der Waals surface area contributed by atoms with Crippen LogP contribution in [0.5, 0.6) is 5.75 Å². The molecule has 2 aliphatic rings. The second kappa shape index (κ2) is 5.56. The lowest BCUT2D eigenvalue weighted by atomic mass is 9.75. The van der Waals surface area contributed by atoms with Gasteiger partial charge in [-0.15, -0.1) is 0 Å². The SMILES string of the molecule is COCCN1C(N)=NCC12CCCc1cc(OC)ccc12. The molecule has 5 nitrogen and oxygen atoms in total. The Hall–Kier alpha value is -1.75. The molecule has 3 rings (SSSR count). The van der Waals surface area contributed by atoms with E-state index in [1.54, 1.807) is 14.2 Å². The molecule has 0 saturated carbocycles. The van der Waals surface area contributed by atoms with Crippen molar-refractivity contribution >= 4 is 5.96 Å². The molecule has 1 heterocycles. The average Bonchev–Trinajstić information content (AvgIpc) is 2.82. The molecule has 1 aliphatic heterocycles. The van der Waals surface area contributed by atoms with Crippen molar-refractivity contribution in [2.75, 3.05) is 33.9 Å². The third-order valence-electron chi connectivity index (χ3n) is 4.67. The van der Waals surface area contributed by atoms with Crippen LogP contribution in [0.25, 0.3) is 0 Å². The molecule has 1 aromatic carbocycles. The van der Waals surface area contributed by atoms with E-state index < -0.39 is 0 Å². The molecule has 1 aliphatic carbocycles. The van der Waals surface area contributed by atoms with Crippen LogP contribution in [0.4, 0.5) is 0 Å². The van der Waals surface area contributed by atoms with Crippen LogP contribution in [0.15, 0.2) is 23.2 Å². The molecule has 2 N–H and O–H groups in total. The van der Waals surface area contributed by atoms with Crippen molar-refractivity contribution in [3.8, 4) is 5.75 Å². The van der Waals surface area contributed by atoms with Gasteiger partial charge in [-0.25, -0.2) is 0 Å². The number of benzene rings is 1. The Morgan fingerprint density at radius 2 is 2.24 bits per heavy atom. The lowest BCUT2D eigenvalue weighted by Crippen LogP contribution is -2.52. The second-order valence-corrected chi connectivity index (χ2v) is 5.73. The van der Waals surface area contributed by atoms with Gasteiger partial charge < -0.3 is 20.1 Å². The summed E-state index contributed by atoms with van der Waals surface area (Å²) in [7, 11) is 3.43. The summed E-state index contributed by atoms with van der Waals surface area (Å²) >= 11 is 0. The van der Waals surface area contributed by atoms with E-state index in [0.717, 1.165) is 38.1 Å². The first-order valence-corrected chi connectivity index (χ1v) is 7.45. The van der Waals surface area contributed by atoms with Crippen molar-refractivity contribution in [1.82, 2.24) is 4.90 Å². The monoisotopic (exact) mass is 289 g/mol. The van der Waals surface area contributed by atoms with Crippen molar-refractivity contribution in [3.05, 3.63) is 29.3 Å². The summed E-state index contributed by atoms with van der Waals surface area (Å²) in [6.45, 7) is 2.17. The van der Waals surface area contributed by atoms with E-state index in [1.165, 1.54) is 11.1 Å². The Morgan fingerprint density at radius 3 is 3.00 bits per heavy atom. The molecular weight excluding hydrogens is 266 g/mol. The number of methoxy groups -OCH3 is 2. The van der Waals surface area contributed by atoms with Crippen LogP contribution >= 0.6 is 0 Å². The molecule has 1 atom stereocenters. The number of aliphatic imine (C=N–C) groups is 1. The molecule has 1 aromatic rings. The smallest absolute Gasteiger partial charge is 0.192 e. The summed E-state index contributed by atoms with van der Waals surface area (Å²) in [5, 5.41) is 0. The van der Waals surface area contributed by atoms with Gasteiger partial charge in [0.15, 0.2) is 5.96 Å². The van der Waals surface area contributed by atoms with Crippen molar-refractivity contribution in [3.63, 3.8) is 0 Å². The number of fused-ring (bicyclic) bond motifs is 2. The topological polar surface area (TPSA) is 60.1 Å². The number of rotatable bonds is 4. The summed E-state index contributed by atoms with van der Waals surface area (Å²) in [4.78, 5) is 6.75. The second-order valence-electron chi connectivity index (χ2n) is 5.73. The van der Waals surface area contributed by atoms with Gasteiger partial charge in [0.05, 0.1) is 25.8 Å². The fourth-order valence-corrected chi connectivity index (χ4v) is 3.62. The van der Waals surface area contributed by atoms with E-state index in [2.05, 4.69) is 22.0 Å². The highest BCUT2D eigenvalue weighted by atomic mass is 16.5. The molecule has 114 valence electrons. The van der Waals surface area contributed by atoms with E-state index >= 15 is 0 Å². The van der Waals surface area contributed by atoms with E-state index in [-0.39, 0.29) is 5.54 Å². The zero-order valence-electron chi connectivity index (χ0n) is 12.8. The summed E-state index contributed by atoms with van der Waals surface area (Å²) in [5.41, 5.74) is 8.74. The standard InChI is InChI=1S/C16H23N3O2/c1-20-9-8-19-15(17)18-11-16(19)7-3-4-12-10-13(21-2)5-6-14(12)16/h5-6,10H,3-4,7-9,11H2,1-2H3,(H2,17,18). The van der Waals surface area contributed by atoms with E-state index in [0.29, 0.717) is 12.6 Å². The lowest BCUT2D eigenvalue weighted by Gasteiger charge is -2.43. The first-order chi connectivity index (χ1) is 10.2. The maximum absolute atomic E-state index is 6.13. The van der Waals surface area contributed by atoms with Crippen molar-refractivity contribution in [2.24, 2.45) is 10.7 Å². The highest BCUT2D eigenvalue weighted by Crippen LogP contribution is 2.43. The maximum Gasteiger partial charge on any atom is 0.192 e. The number of aryl methyl sites for hydroxylation is 1. The molecular formula is C16H23N3O2. The van der Waals surface area contributed by atoms with Crippen molar-refractivity contribution < 1.29 is 9.47 Å². The van der Waals surface area contributed by atoms with Gasteiger partial charge in [0.2, 0.25) is 0 Å². The van der Waals surface area contributed by atoms with Gasteiger partial charge in [-0.2, -0.15) is 0 Å². The molecule has 0 aromatic heterocycles. The van der Waals surface area contributed by atoms with Crippen molar-refractivity contribution in [1.29, 1.82) is 0 Å². The molecule has 21 heavy (non-hydrogen) atoms. The average molecular weight is 289 g/mol. The molecule has 0 saturated heterocycles. The minimum Gasteiger partial charge on any atom is -0.497 e. The van der Waals surface area contributed by atoms with Gasteiger partial charge in [-0.05, 0) is 42.5 Å². The molecule has 0 bridgehead atoms. The number of nitrogens with zero attached hydrogens (tertiary/aromatic N) is 2. The molecule has 0 amide bonds. The van der Waals surface area contributed by atoms with Gasteiger partial charge in [0.1, 0.15) is 5.75 Å². The van der Waals surface area contributed by atoms with Crippen LogP contribution in [0.3, 0.4) is 0 Å². The van der Waals surface area contributed by atoms with Crippen LogP contribution in [-0.4, -0.2) is 44.8 Å². The summed E-state index contributed by atoms with van der Waals surface area (Å²) in [6, 6.07) is 6.37.